The topological polar surface area (TPSA) is 20.2 Å². The molecule has 80 valence electrons. The van der Waals surface area contributed by atoms with Gasteiger partial charge in [0.1, 0.15) is 0 Å². The molecule has 1 nitrogen and oxygen atoms in total. The van der Waals surface area contributed by atoms with Gasteiger partial charge in [0.15, 0.2) is 6.10 Å². The molecule has 0 aliphatic rings. The smallest absolute Gasteiger partial charge is 0.381 e. The maximum absolute atomic E-state index is 12.5. The second kappa shape index (κ2) is 3.47. The van der Waals surface area contributed by atoms with Crippen LogP contribution in [0.2, 0.25) is 0 Å². The standard InChI is InChI=1S/C7H5F5OS/c8-6(9,7(10,11)12)5(13)4-2-1-3-14-4/h1-3,5,13H/t5-/m1/s1. The van der Waals surface area contributed by atoms with Crippen LogP contribution in [0.1, 0.15) is 11.0 Å². The average molecular weight is 232 g/mol. The average Bonchev–Trinajstić information content (AvgIpc) is 2.52. The van der Waals surface area contributed by atoms with Crippen LogP contribution in [0, 0.1) is 0 Å². The van der Waals surface area contributed by atoms with Gasteiger partial charge in [0.05, 0.1) is 0 Å². The van der Waals surface area contributed by atoms with Crippen LogP contribution >= 0.6 is 11.3 Å². The Hall–Kier alpha value is -0.690. The number of alkyl halides is 5. The largest absolute Gasteiger partial charge is 0.456 e. The fourth-order valence-electron chi connectivity index (χ4n) is 0.781. The van der Waals surface area contributed by atoms with Crippen molar-refractivity contribution in [2.75, 3.05) is 0 Å². The molecule has 1 N–H and O–H groups in total. The van der Waals surface area contributed by atoms with Gasteiger partial charge in [0.2, 0.25) is 0 Å². The van der Waals surface area contributed by atoms with Gasteiger partial charge < -0.3 is 5.11 Å². The van der Waals surface area contributed by atoms with Gasteiger partial charge in [-0.05, 0) is 11.4 Å². The molecule has 0 spiro atoms. The molecule has 0 radical (unpaired) electrons. The Balaban J connectivity index is 2.94. The van der Waals surface area contributed by atoms with Crippen LogP contribution in [0.4, 0.5) is 22.0 Å². The molecule has 0 aliphatic heterocycles. The van der Waals surface area contributed by atoms with Crippen LogP contribution < -0.4 is 0 Å². The molecular formula is C7H5F5OS. The van der Waals surface area contributed by atoms with Crippen molar-refractivity contribution in [1.29, 1.82) is 0 Å². The summed E-state index contributed by atoms with van der Waals surface area (Å²) in [6.07, 6.45) is -8.57. The van der Waals surface area contributed by atoms with Crippen LogP contribution in [0.15, 0.2) is 17.5 Å². The summed E-state index contributed by atoms with van der Waals surface area (Å²) in [7, 11) is 0. The second-order valence-electron chi connectivity index (χ2n) is 2.54. The first-order valence-corrected chi connectivity index (χ1v) is 4.31. The van der Waals surface area contributed by atoms with E-state index in [9.17, 15) is 22.0 Å². The van der Waals surface area contributed by atoms with Crippen molar-refractivity contribution in [3.8, 4) is 0 Å². The first-order valence-electron chi connectivity index (χ1n) is 3.43. The number of hydrogen-bond donors (Lipinski definition) is 1. The minimum Gasteiger partial charge on any atom is -0.381 e. The quantitative estimate of drug-likeness (QED) is 0.777. The molecule has 0 aliphatic carbocycles. The van der Waals surface area contributed by atoms with Crippen molar-refractivity contribution in [1.82, 2.24) is 0 Å². The highest BCUT2D eigenvalue weighted by atomic mass is 32.1. The molecule has 0 aromatic carbocycles. The molecule has 0 fully saturated rings. The lowest BCUT2D eigenvalue weighted by molar-refractivity contribution is -0.314. The van der Waals surface area contributed by atoms with Gasteiger partial charge in [-0.25, -0.2) is 0 Å². The Morgan fingerprint density at radius 2 is 1.79 bits per heavy atom. The summed E-state index contributed by atoms with van der Waals surface area (Å²) in [5.74, 6) is -5.11. The lowest BCUT2D eigenvalue weighted by Crippen LogP contribution is -2.41. The van der Waals surface area contributed by atoms with Crippen molar-refractivity contribution >= 4 is 11.3 Å². The molecule has 0 amide bonds. The van der Waals surface area contributed by atoms with E-state index in [0.29, 0.717) is 11.3 Å². The van der Waals surface area contributed by atoms with Gasteiger partial charge in [0, 0.05) is 4.88 Å². The minimum atomic E-state index is -5.74. The molecule has 1 heterocycles. The SMILES string of the molecule is O[C@H](c1cccs1)C(F)(F)C(F)(F)F. The molecule has 1 aromatic heterocycles. The zero-order valence-corrected chi connectivity index (χ0v) is 7.37. The number of aliphatic hydroxyl groups is 1. The third-order valence-electron chi connectivity index (χ3n) is 1.53. The summed E-state index contributed by atoms with van der Waals surface area (Å²) in [5.41, 5.74) is 0. The van der Waals surface area contributed by atoms with Crippen LogP contribution in [-0.4, -0.2) is 17.2 Å². The van der Waals surface area contributed by atoms with Crippen LogP contribution in [0.25, 0.3) is 0 Å². The molecule has 7 heteroatoms. The Bertz CT molecular complexity index is 292. The summed E-state index contributed by atoms with van der Waals surface area (Å²) in [6.45, 7) is 0. The lowest BCUT2D eigenvalue weighted by Gasteiger charge is -2.23. The summed E-state index contributed by atoms with van der Waals surface area (Å²) < 4.78 is 60.3. The molecule has 1 aromatic rings. The first kappa shape index (κ1) is 11.4. The maximum atomic E-state index is 12.5. The highest BCUT2D eigenvalue weighted by Crippen LogP contribution is 2.45. The van der Waals surface area contributed by atoms with E-state index in [-0.39, 0.29) is 0 Å². The van der Waals surface area contributed by atoms with Crippen molar-refractivity contribution in [3.05, 3.63) is 22.4 Å². The van der Waals surface area contributed by atoms with E-state index < -0.39 is 23.1 Å². The zero-order chi connectivity index (χ0) is 11.0. The maximum Gasteiger partial charge on any atom is 0.456 e. The van der Waals surface area contributed by atoms with E-state index >= 15 is 0 Å². The van der Waals surface area contributed by atoms with Crippen molar-refractivity contribution < 1.29 is 27.1 Å². The van der Waals surface area contributed by atoms with E-state index in [1.165, 1.54) is 11.4 Å². The van der Waals surface area contributed by atoms with E-state index in [0.717, 1.165) is 6.07 Å². The summed E-state index contributed by atoms with van der Waals surface area (Å²) >= 11 is 0.644. The molecule has 0 unspecified atom stereocenters. The van der Waals surface area contributed by atoms with Crippen molar-refractivity contribution in [2.24, 2.45) is 0 Å². The minimum absolute atomic E-state index is 0.410. The molecule has 1 rings (SSSR count). The van der Waals surface area contributed by atoms with Crippen molar-refractivity contribution in [2.45, 2.75) is 18.2 Å². The number of rotatable bonds is 2. The number of halogens is 5. The van der Waals surface area contributed by atoms with E-state index in [1.54, 1.807) is 0 Å². The predicted molar refractivity (Wildman–Crippen MR) is 40.3 cm³/mol. The number of aliphatic hydroxyl groups excluding tert-OH is 1. The highest BCUT2D eigenvalue weighted by molar-refractivity contribution is 7.10. The third-order valence-corrected chi connectivity index (χ3v) is 2.46. The Morgan fingerprint density at radius 3 is 2.14 bits per heavy atom. The van der Waals surface area contributed by atoms with Gasteiger partial charge in [0.25, 0.3) is 0 Å². The Labute approximate surface area is 79.8 Å². The van der Waals surface area contributed by atoms with E-state index in [2.05, 4.69) is 0 Å². The Morgan fingerprint density at radius 1 is 1.21 bits per heavy atom. The molecule has 0 saturated heterocycles. The highest BCUT2D eigenvalue weighted by Gasteiger charge is 2.62. The van der Waals surface area contributed by atoms with Gasteiger partial charge >= 0.3 is 12.1 Å². The monoisotopic (exact) mass is 232 g/mol. The van der Waals surface area contributed by atoms with E-state index in [1.807, 2.05) is 0 Å². The fourth-order valence-corrected chi connectivity index (χ4v) is 1.53. The Kier molecular flexibility index (Phi) is 2.82. The first-order chi connectivity index (χ1) is 6.27. The predicted octanol–water partition coefficient (Wildman–Crippen LogP) is 2.98. The lowest BCUT2D eigenvalue weighted by atomic mass is 10.1. The molecule has 0 bridgehead atoms. The normalized spacial score (nSPS) is 15.6. The third kappa shape index (κ3) is 1.88. The van der Waals surface area contributed by atoms with Gasteiger partial charge in [-0.15, -0.1) is 11.3 Å². The summed E-state index contributed by atoms with van der Waals surface area (Å²) in [6, 6.07) is 2.31. The molecule has 0 saturated carbocycles. The van der Waals surface area contributed by atoms with Crippen LogP contribution in [0.5, 0.6) is 0 Å². The van der Waals surface area contributed by atoms with Crippen molar-refractivity contribution in [3.63, 3.8) is 0 Å². The summed E-state index contributed by atoms with van der Waals surface area (Å²) in [5, 5.41) is 10.1. The summed E-state index contributed by atoms with van der Waals surface area (Å²) in [4.78, 5) is -0.410. The van der Waals surface area contributed by atoms with E-state index in [4.69, 9.17) is 5.11 Å². The molecule has 14 heavy (non-hydrogen) atoms. The fraction of sp³-hybridized carbons (Fsp3) is 0.429. The number of hydrogen-bond acceptors (Lipinski definition) is 2. The van der Waals surface area contributed by atoms with Gasteiger partial charge in [-0.1, -0.05) is 6.07 Å². The molecule has 1 atom stereocenters. The molecular weight excluding hydrogens is 227 g/mol. The second-order valence-corrected chi connectivity index (χ2v) is 3.52. The van der Waals surface area contributed by atoms with Gasteiger partial charge in [-0.3, -0.25) is 0 Å². The van der Waals surface area contributed by atoms with Gasteiger partial charge in [-0.2, -0.15) is 22.0 Å². The van der Waals surface area contributed by atoms with Crippen LogP contribution in [-0.2, 0) is 0 Å². The van der Waals surface area contributed by atoms with Crippen LogP contribution in [0.3, 0.4) is 0 Å². The zero-order valence-electron chi connectivity index (χ0n) is 6.55. The number of thiophene rings is 1.